The van der Waals surface area contributed by atoms with Crippen LogP contribution in [0.2, 0.25) is 0 Å². The molecule has 0 aromatic carbocycles. The zero-order chi connectivity index (χ0) is 15.7. The Labute approximate surface area is 132 Å². The van der Waals surface area contributed by atoms with Crippen molar-refractivity contribution >= 4 is 0 Å². The van der Waals surface area contributed by atoms with Crippen LogP contribution in [0.1, 0.15) is 59.8 Å². The van der Waals surface area contributed by atoms with E-state index in [1.807, 2.05) is 0 Å². The average molecular weight is 299 g/mol. The molecule has 0 saturated carbocycles. The lowest BCUT2D eigenvalue weighted by molar-refractivity contribution is 0.0800. The van der Waals surface area contributed by atoms with Gasteiger partial charge in [-0.15, -0.1) is 0 Å². The first-order valence-corrected chi connectivity index (χ1v) is 9.10. The van der Waals surface area contributed by atoms with Crippen LogP contribution >= 0.6 is 0 Å². The lowest BCUT2D eigenvalue weighted by Crippen LogP contribution is -2.38. The van der Waals surface area contributed by atoms with Crippen molar-refractivity contribution < 1.29 is 5.11 Å². The van der Waals surface area contributed by atoms with E-state index in [4.69, 9.17) is 0 Å². The molecular weight excluding hydrogens is 260 g/mol. The standard InChI is InChI=1S/C18H38N2O/c1-16(2)6-12-19(13-7-17(3)4)10-5-11-20-14-8-18(21)9-15-20/h16-18,21H,5-15H2,1-4H3. The molecule has 1 fully saturated rings. The van der Waals surface area contributed by atoms with Crippen molar-refractivity contribution in [2.45, 2.75) is 65.9 Å². The van der Waals surface area contributed by atoms with Crippen LogP contribution in [0.25, 0.3) is 0 Å². The summed E-state index contributed by atoms with van der Waals surface area (Å²) in [5.41, 5.74) is 0. The van der Waals surface area contributed by atoms with Crippen molar-refractivity contribution in [1.82, 2.24) is 9.80 Å². The molecule has 1 rings (SSSR count). The quantitative estimate of drug-likeness (QED) is 0.671. The number of hydrogen-bond donors (Lipinski definition) is 1. The van der Waals surface area contributed by atoms with Gasteiger partial charge in [-0.1, -0.05) is 27.7 Å². The zero-order valence-electron chi connectivity index (χ0n) is 14.9. The number of likely N-dealkylation sites (tertiary alicyclic amines) is 1. The fraction of sp³-hybridized carbons (Fsp3) is 1.00. The zero-order valence-corrected chi connectivity index (χ0v) is 14.9. The summed E-state index contributed by atoms with van der Waals surface area (Å²) in [4.78, 5) is 5.19. The third kappa shape index (κ3) is 9.49. The van der Waals surface area contributed by atoms with E-state index in [0.29, 0.717) is 0 Å². The Morgan fingerprint density at radius 3 is 1.95 bits per heavy atom. The molecule has 126 valence electrons. The number of nitrogens with zero attached hydrogens (tertiary/aromatic N) is 2. The molecule has 0 aromatic rings. The fourth-order valence-electron chi connectivity index (χ4n) is 2.88. The highest BCUT2D eigenvalue weighted by molar-refractivity contribution is 4.71. The Bertz CT molecular complexity index is 236. The van der Waals surface area contributed by atoms with Crippen molar-refractivity contribution in [2.24, 2.45) is 11.8 Å². The van der Waals surface area contributed by atoms with Gasteiger partial charge in [-0.25, -0.2) is 0 Å². The molecule has 3 nitrogen and oxygen atoms in total. The Balaban J connectivity index is 2.20. The third-order valence-electron chi connectivity index (χ3n) is 4.55. The van der Waals surface area contributed by atoms with Gasteiger partial charge in [0.25, 0.3) is 0 Å². The number of hydrogen-bond acceptors (Lipinski definition) is 3. The minimum atomic E-state index is -0.0465. The lowest BCUT2D eigenvalue weighted by Gasteiger charge is -2.30. The monoisotopic (exact) mass is 298 g/mol. The van der Waals surface area contributed by atoms with Gasteiger partial charge in [-0.05, 0) is 70.1 Å². The molecule has 3 heteroatoms. The first kappa shape index (κ1) is 18.9. The predicted octanol–water partition coefficient (Wildman–Crippen LogP) is 3.23. The topological polar surface area (TPSA) is 26.7 Å². The van der Waals surface area contributed by atoms with Crippen molar-refractivity contribution in [3.63, 3.8) is 0 Å². The van der Waals surface area contributed by atoms with Crippen LogP contribution < -0.4 is 0 Å². The van der Waals surface area contributed by atoms with E-state index in [2.05, 4.69) is 37.5 Å². The summed E-state index contributed by atoms with van der Waals surface area (Å²) in [5.74, 6) is 1.60. The van der Waals surface area contributed by atoms with Crippen LogP contribution in [0, 0.1) is 11.8 Å². The van der Waals surface area contributed by atoms with Crippen molar-refractivity contribution in [2.75, 3.05) is 39.3 Å². The summed E-state index contributed by atoms with van der Waals surface area (Å²) >= 11 is 0. The maximum Gasteiger partial charge on any atom is 0.0564 e. The molecule has 1 saturated heterocycles. The van der Waals surface area contributed by atoms with Crippen LogP contribution in [0.15, 0.2) is 0 Å². The van der Waals surface area contributed by atoms with E-state index in [9.17, 15) is 5.11 Å². The Kier molecular flexibility index (Phi) is 9.54. The second-order valence-corrected chi connectivity index (χ2v) is 7.63. The maximum absolute atomic E-state index is 9.55. The van der Waals surface area contributed by atoms with Gasteiger partial charge in [0.1, 0.15) is 0 Å². The first-order valence-electron chi connectivity index (χ1n) is 9.10. The van der Waals surface area contributed by atoms with Gasteiger partial charge in [-0.2, -0.15) is 0 Å². The largest absolute Gasteiger partial charge is 0.393 e. The molecule has 1 aliphatic rings. The van der Waals surface area contributed by atoms with Crippen LogP contribution in [-0.4, -0.2) is 60.3 Å². The summed E-state index contributed by atoms with van der Waals surface area (Å²) in [7, 11) is 0. The molecule has 21 heavy (non-hydrogen) atoms. The molecule has 0 aliphatic carbocycles. The molecule has 1 aliphatic heterocycles. The second-order valence-electron chi connectivity index (χ2n) is 7.63. The van der Waals surface area contributed by atoms with Crippen molar-refractivity contribution in [3.8, 4) is 0 Å². The minimum absolute atomic E-state index is 0.0465. The molecule has 0 unspecified atom stereocenters. The Morgan fingerprint density at radius 2 is 1.48 bits per heavy atom. The molecule has 0 radical (unpaired) electrons. The van der Waals surface area contributed by atoms with Gasteiger partial charge < -0.3 is 14.9 Å². The van der Waals surface area contributed by atoms with Crippen molar-refractivity contribution in [3.05, 3.63) is 0 Å². The van der Waals surface area contributed by atoms with Crippen LogP contribution in [0.3, 0.4) is 0 Å². The molecule has 1 heterocycles. The van der Waals surface area contributed by atoms with Crippen LogP contribution in [0.4, 0.5) is 0 Å². The van der Waals surface area contributed by atoms with Crippen LogP contribution in [0.5, 0.6) is 0 Å². The number of rotatable bonds is 10. The molecule has 0 bridgehead atoms. The third-order valence-corrected chi connectivity index (χ3v) is 4.55. The molecule has 0 amide bonds. The molecule has 0 aromatic heterocycles. The number of piperidine rings is 1. The van der Waals surface area contributed by atoms with Gasteiger partial charge >= 0.3 is 0 Å². The first-order chi connectivity index (χ1) is 9.97. The number of aliphatic hydroxyl groups excluding tert-OH is 1. The summed E-state index contributed by atoms with van der Waals surface area (Å²) in [5, 5.41) is 9.55. The van der Waals surface area contributed by atoms with Crippen molar-refractivity contribution in [1.29, 1.82) is 0 Å². The van der Waals surface area contributed by atoms with E-state index in [-0.39, 0.29) is 6.10 Å². The lowest BCUT2D eigenvalue weighted by atomic mass is 10.1. The second kappa shape index (κ2) is 10.6. The number of aliphatic hydroxyl groups is 1. The Morgan fingerprint density at radius 1 is 0.952 bits per heavy atom. The highest BCUT2D eigenvalue weighted by Crippen LogP contribution is 2.11. The Hall–Kier alpha value is -0.120. The fourth-order valence-corrected chi connectivity index (χ4v) is 2.88. The average Bonchev–Trinajstić information content (AvgIpc) is 2.43. The van der Waals surface area contributed by atoms with E-state index in [1.54, 1.807) is 0 Å². The highest BCUT2D eigenvalue weighted by atomic mass is 16.3. The van der Waals surface area contributed by atoms with Gasteiger partial charge in [-0.3, -0.25) is 0 Å². The van der Waals surface area contributed by atoms with Gasteiger partial charge in [0.15, 0.2) is 0 Å². The van der Waals surface area contributed by atoms with E-state index in [1.165, 1.54) is 45.4 Å². The maximum atomic E-state index is 9.55. The summed E-state index contributed by atoms with van der Waals surface area (Å²) < 4.78 is 0. The summed E-state index contributed by atoms with van der Waals surface area (Å²) in [6.07, 6.45) is 5.78. The molecule has 0 atom stereocenters. The summed E-state index contributed by atoms with van der Waals surface area (Å²) in [6.45, 7) is 16.4. The van der Waals surface area contributed by atoms with E-state index in [0.717, 1.165) is 37.8 Å². The highest BCUT2D eigenvalue weighted by Gasteiger charge is 2.16. The minimum Gasteiger partial charge on any atom is -0.393 e. The predicted molar refractivity (Wildman–Crippen MR) is 91.6 cm³/mol. The van der Waals surface area contributed by atoms with Gasteiger partial charge in [0.2, 0.25) is 0 Å². The normalized spacial score (nSPS) is 18.3. The SMILES string of the molecule is CC(C)CCN(CCCN1CCC(O)CC1)CCC(C)C. The molecule has 0 spiro atoms. The van der Waals surface area contributed by atoms with E-state index >= 15 is 0 Å². The van der Waals surface area contributed by atoms with E-state index < -0.39 is 0 Å². The van der Waals surface area contributed by atoms with Gasteiger partial charge in [0, 0.05) is 13.1 Å². The summed E-state index contributed by atoms with van der Waals surface area (Å²) in [6, 6.07) is 0. The van der Waals surface area contributed by atoms with Crippen LogP contribution in [-0.2, 0) is 0 Å². The smallest absolute Gasteiger partial charge is 0.0564 e. The van der Waals surface area contributed by atoms with Gasteiger partial charge in [0.05, 0.1) is 6.10 Å². The molecule has 1 N–H and O–H groups in total. The molecular formula is C18H38N2O.